The lowest BCUT2D eigenvalue weighted by atomic mass is 9.91. The number of halogens is 1. The Balaban J connectivity index is 2.06. The fraction of sp³-hybridized carbons (Fsp3) is 0.625. The van der Waals surface area contributed by atoms with Gasteiger partial charge >= 0.3 is 0 Å². The van der Waals surface area contributed by atoms with Crippen LogP contribution in [-0.2, 0) is 0 Å². The predicted molar refractivity (Wildman–Crippen MR) is 82.2 cm³/mol. The first-order chi connectivity index (χ1) is 8.91. The van der Waals surface area contributed by atoms with Gasteiger partial charge in [-0.25, -0.2) is 0 Å². The van der Waals surface area contributed by atoms with Crippen molar-refractivity contribution in [1.29, 1.82) is 0 Å². The van der Waals surface area contributed by atoms with Gasteiger partial charge in [-0.3, -0.25) is 0 Å². The monoisotopic (exact) mass is 281 g/mol. The molecule has 0 radical (unpaired) electrons. The number of anilines is 1. The molecule has 19 heavy (non-hydrogen) atoms. The summed E-state index contributed by atoms with van der Waals surface area (Å²) in [5.41, 5.74) is 1.52. The Morgan fingerprint density at radius 3 is 2.63 bits per heavy atom. The molecule has 0 bridgehead atoms. The summed E-state index contributed by atoms with van der Waals surface area (Å²) >= 11 is 6.22. The Hall–Kier alpha value is -0.890. The van der Waals surface area contributed by atoms with Crippen LogP contribution >= 0.6 is 11.6 Å². The maximum atomic E-state index is 6.22. The van der Waals surface area contributed by atoms with Gasteiger partial charge in [-0.2, -0.15) is 0 Å². The molecule has 1 aromatic rings. The van der Waals surface area contributed by atoms with Crippen LogP contribution in [0.1, 0.15) is 40.5 Å². The lowest BCUT2D eigenvalue weighted by Crippen LogP contribution is -2.22. The van der Waals surface area contributed by atoms with Gasteiger partial charge in [0.1, 0.15) is 5.75 Å². The van der Waals surface area contributed by atoms with E-state index in [1.165, 1.54) is 12.8 Å². The lowest BCUT2D eigenvalue weighted by molar-refractivity contribution is 0.340. The van der Waals surface area contributed by atoms with Crippen LogP contribution in [0.5, 0.6) is 5.75 Å². The molecule has 2 rings (SSSR count). The Labute approximate surface area is 121 Å². The van der Waals surface area contributed by atoms with E-state index < -0.39 is 0 Å². The molecule has 0 amide bonds. The molecule has 0 heterocycles. The van der Waals surface area contributed by atoms with Crippen molar-refractivity contribution in [3.8, 4) is 5.75 Å². The molecule has 2 unspecified atom stereocenters. The van der Waals surface area contributed by atoms with E-state index in [1.807, 2.05) is 19.1 Å². The zero-order chi connectivity index (χ0) is 14.0. The molecular formula is C16H24ClNO. The van der Waals surface area contributed by atoms with Crippen LogP contribution in [0.4, 0.5) is 5.69 Å². The smallest absolute Gasteiger partial charge is 0.138 e. The standard InChI is InChI=1S/C16H24ClNO/c1-5-19-15-7-6-12(8-13(15)17)18-14-10-16(3,4)9-11(14)2/h6-8,11,14,18H,5,9-10H2,1-4H3. The first-order valence-corrected chi connectivity index (χ1v) is 7.48. The average molecular weight is 282 g/mol. The van der Waals surface area contributed by atoms with Gasteiger partial charge < -0.3 is 10.1 Å². The minimum absolute atomic E-state index is 0.437. The maximum absolute atomic E-state index is 6.22. The van der Waals surface area contributed by atoms with Gasteiger partial charge in [-0.05, 0) is 49.3 Å². The minimum Gasteiger partial charge on any atom is -0.492 e. The molecule has 1 saturated carbocycles. The van der Waals surface area contributed by atoms with E-state index in [4.69, 9.17) is 16.3 Å². The molecule has 1 fully saturated rings. The summed E-state index contributed by atoms with van der Waals surface area (Å²) in [5.74, 6) is 1.45. The van der Waals surface area contributed by atoms with Gasteiger partial charge in [0, 0.05) is 11.7 Å². The molecule has 1 aliphatic carbocycles. The van der Waals surface area contributed by atoms with Gasteiger partial charge in [0.05, 0.1) is 11.6 Å². The molecule has 2 nitrogen and oxygen atoms in total. The molecule has 2 atom stereocenters. The SMILES string of the molecule is CCOc1ccc(NC2CC(C)(C)CC2C)cc1Cl. The van der Waals surface area contributed by atoms with Crippen LogP contribution < -0.4 is 10.1 Å². The zero-order valence-corrected chi connectivity index (χ0v) is 13.1. The van der Waals surface area contributed by atoms with Crippen molar-refractivity contribution in [3.63, 3.8) is 0 Å². The Kier molecular flexibility index (Phi) is 4.29. The maximum Gasteiger partial charge on any atom is 0.138 e. The van der Waals surface area contributed by atoms with Crippen molar-refractivity contribution in [2.45, 2.75) is 46.6 Å². The molecule has 1 N–H and O–H groups in total. The first kappa shape index (κ1) is 14.5. The van der Waals surface area contributed by atoms with Crippen molar-refractivity contribution < 1.29 is 4.74 Å². The van der Waals surface area contributed by atoms with Crippen molar-refractivity contribution in [3.05, 3.63) is 23.2 Å². The molecule has 0 spiro atoms. The van der Waals surface area contributed by atoms with E-state index in [0.29, 0.717) is 29.0 Å². The second kappa shape index (κ2) is 5.62. The Bertz CT molecular complexity index is 444. The van der Waals surface area contributed by atoms with Crippen molar-refractivity contribution in [2.75, 3.05) is 11.9 Å². The van der Waals surface area contributed by atoms with Crippen LogP contribution in [0.3, 0.4) is 0 Å². The van der Waals surface area contributed by atoms with E-state index in [9.17, 15) is 0 Å². The number of rotatable bonds is 4. The van der Waals surface area contributed by atoms with Crippen LogP contribution in [0, 0.1) is 11.3 Å². The zero-order valence-electron chi connectivity index (χ0n) is 12.3. The number of benzene rings is 1. The Morgan fingerprint density at radius 2 is 2.11 bits per heavy atom. The van der Waals surface area contributed by atoms with Gasteiger partial charge in [0.25, 0.3) is 0 Å². The highest BCUT2D eigenvalue weighted by Crippen LogP contribution is 2.42. The number of nitrogens with one attached hydrogen (secondary N) is 1. The summed E-state index contributed by atoms with van der Waals surface area (Å²) in [6, 6.07) is 6.49. The van der Waals surface area contributed by atoms with E-state index in [1.54, 1.807) is 0 Å². The van der Waals surface area contributed by atoms with Crippen LogP contribution in [-0.4, -0.2) is 12.6 Å². The molecule has 0 saturated heterocycles. The molecule has 1 aliphatic rings. The summed E-state index contributed by atoms with van der Waals surface area (Å²) < 4.78 is 5.46. The summed E-state index contributed by atoms with van der Waals surface area (Å²) in [6.45, 7) is 9.61. The quantitative estimate of drug-likeness (QED) is 0.841. The molecule has 1 aromatic carbocycles. The van der Waals surface area contributed by atoms with Crippen molar-refractivity contribution in [1.82, 2.24) is 0 Å². The van der Waals surface area contributed by atoms with Crippen molar-refractivity contribution >= 4 is 17.3 Å². The third-order valence-electron chi connectivity index (χ3n) is 3.92. The van der Waals surface area contributed by atoms with Crippen molar-refractivity contribution in [2.24, 2.45) is 11.3 Å². The summed E-state index contributed by atoms with van der Waals surface area (Å²) in [6.07, 6.45) is 2.48. The highest BCUT2D eigenvalue weighted by Gasteiger charge is 2.36. The van der Waals surface area contributed by atoms with Crippen LogP contribution in [0.2, 0.25) is 5.02 Å². The highest BCUT2D eigenvalue weighted by atomic mass is 35.5. The predicted octanol–water partition coefficient (Wildman–Crippen LogP) is 4.98. The molecule has 0 aromatic heterocycles. The summed E-state index contributed by atoms with van der Waals surface area (Å²) in [4.78, 5) is 0. The molecule has 106 valence electrons. The normalized spacial score (nSPS) is 25.3. The van der Waals surface area contributed by atoms with E-state index in [-0.39, 0.29) is 0 Å². The fourth-order valence-electron chi connectivity index (χ4n) is 3.16. The van der Waals surface area contributed by atoms with Crippen LogP contribution in [0.15, 0.2) is 18.2 Å². The van der Waals surface area contributed by atoms with Gasteiger partial charge in [0.15, 0.2) is 0 Å². The molecular weight excluding hydrogens is 258 g/mol. The average Bonchev–Trinajstić information content (AvgIpc) is 2.56. The molecule has 0 aliphatic heterocycles. The fourth-order valence-corrected chi connectivity index (χ4v) is 3.40. The van der Waals surface area contributed by atoms with Gasteiger partial charge in [0.2, 0.25) is 0 Å². The summed E-state index contributed by atoms with van der Waals surface area (Å²) in [7, 11) is 0. The second-order valence-electron chi connectivity index (χ2n) is 6.38. The van der Waals surface area contributed by atoms with E-state index >= 15 is 0 Å². The van der Waals surface area contributed by atoms with Gasteiger partial charge in [-0.1, -0.05) is 32.4 Å². The largest absolute Gasteiger partial charge is 0.492 e. The topological polar surface area (TPSA) is 21.3 Å². The second-order valence-corrected chi connectivity index (χ2v) is 6.79. The Morgan fingerprint density at radius 1 is 1.37 bits per heavy atom. The van der Waals surface area contributed by atoms with Crippen LogP contribution in [0.25, 0.3) is 0 Å². The third kappa shape index (κ3) is 3.56. The first-order valence-electron chi connectivity index (χ1n) is 7.10. The molecule has 3 heteroatoms. The highest BCUT2D eigenvalue weighted by molar-refractivity contribution is 6.32. The number of hydrogen-bond acceptors (Lipinski definition) is 2. The minimum atomic E-state index is 0.437. The summed E-state index contributed by atoms with van der Waals surface area (Å²) in [5, 5.41) is 4.29. The third-order valence-corrected chi connectivity index (χ3v) is 4.21. The van der Waals surface area contributed by atoms with E-state index in [0.717, 1.165) is 11.4 Å². The van der Waals surface area contributed by atoms with E-state index in [2.05, 4.69) is 32.2 Å². The van der Waals surface area contributed by atoms with Gasteiger partial charge in [-0.15, -0.1) is 0 Å². The lowest BCUT2D eigenvalue weighted by Gasteiger charge is -2.20. The number of ether oxygens (including phenoxy) is 1. The number of hydrogen-bond donors (Lipinski definition) is 1.